The minimum Gasteiger partial charge on any atom is -0.343 e. The topological polar surface area (TPSA) is 20.3 Å². The highest BCUT2D eigenvalue weighted by molar-refractivity contribution is 6.17. The molecule has 0 aliphatic carbocycles. The molecule has 1 saturated heterocycles. The maximum Gasteiger partial charge on any atom is 0.222 e. The fourth-order valence-electron chi connectivity index (χ4n) is 2.36. The van der Waals surface area contributed by atoms with E-state index in [2.05, 4.69) is 13.8 Å². The number of alkyl halides is 1. The molecule has 0 aromatic rings. The number of amides is 1. The summed E-state index contributed by atoms with van der Waals surface area (Å²) in [7, 11) is 0. The number of rotatable bonds is 5. The van der Waals surface area contributed by atoms with Crippen LogP contribution >= 0.6 is 11.6 Å². The molecule has 1 unspecified atom stereocenters. The van der Waals surface area contributed by atoms with Crippen molar-refractivity contribution in [2.45, 2.75) is 46.0 Å². The van der Waals surface area contributed by atoms with Gasteiger partial charge in [0.2, 0.25) is 5.91 Å². The zero-order chi connectivity index (χ0) is 12.0. The van der Waals surface area contributed by atoms with Crippen LogP contribution in [0, 0.1) is 11.8 Å². The van der Waals surface area contributed by atoms with Crippen molar-refractivity contribution in [3.05, 3.63) is 0 Å². The summed E-state index contributed by atoms with van der Waals surface area (Å²) < 4.78 is 0. The maximum atomic E-state index is 11.9. The quantitative estimate of drug-likeness (QED) is 0.538. The van der Waals surface area contributed by atoms with E-state index in [1.165, 1.54) is 6.42 Å². The molecular weight excluding hydrogens is 222 g/mol. The van der Waals surface area contributed by atoms with E-state index in [4.69, 9.17) is 11.6 Å². The molecule has 1 aliphatic rings. The van der Waals surface area contributed by atoms with E-state index in [1.807, 2.05) is 4.90 Å². The van der Waals surface area contributed by atoms with E-state index in [-0.39, 0.29) is 0 Å². The molecule has 0 N–H and O–H groups in total. The van der Waals surface area contributed by atoms with Crippen LogP contribution in [0.2, 0.25) is 0 Å². The van der Waals surface area contributed by atoms with Crippen LogP contribution in [-0.2, 0) is 4.79 Å². The van der Waals surface area contributed by atoms with Crippen LogP contribution in [0.3, 0.4) is 0 Å². The van der Waals surface area contributed by atoms with E-state index in [0.717, 1.165) is 44.7 Å². The minimum atomic E-state index is 0.345. The molecule has 0 saturated carbocycles. The zero-order valence-corrected chi connectivity index (χ0v) is 11.3. The summed E-state index contributed by atoms with van der Waals surface area (Å²) in [5.41, 5.74) is 0. The smallest absolute Gasteiger partial charge is 0.222 e. The Labute approximate surface area is 104 Å². The highest BCUT2D eigenvalue weighted by Gasteiger charge is 2.23. The summed E-state index contributed by atoms with van der Waals surface area (Å²) in [5.74, 6) is 2.48. The van der Waals surface area contributed by atoms with Crippen molar-refractivity contribution >= 4 is 17.5 Å². The Kier molecular flexibility index (Phi) is 6.18. The summed E-state index contributed by atoms with van der Waals surface area (Å²) in [5, 5.41) is 0. The Hall–Kier alpha value is -0.240. The Balaban J connectivity index is 2.38. The second-order valence-corrected chi connectivity index (χ2v) is 5.49. The number of hydrogen-bond donors (Lipinski definition) is 0. The third-order valence-corrected chi connectivity index (χ3v) is 3.87. The normalized spacial score (nSPS) is 22.6. The second kappa shape index (κ2) is 7.16. The van der Waals surface area contributed by atoms with E-state index in [0.29, 0.717) is 17.7 Å². The second-order valence-electron chi connectivity index (χ2n) is 5.11. The van der Waals surface area contributed by atoms with Gasteiger partial charge in [0.05, 0.1) is 0 Å². The first-order chi connectivity index (χ1) is 7.65. The molecule has 0 bridgehead atoms. The number of hydrogen-bond acceptors (Lipinski definition) is 1. The van der Waals surface area contributed by atoms with Crippen LogP contribution < -0.4 is 0 Å². The molecular formula is C13H24ClNO. The van der Waals surface area contributed by atoms with E-state index in [9.17, 15) is 4.79 Å². The lowest BCUT2D eigenvalue weighted by atomic mass is 9.89. The van der Waals surface area contributed by atoms with Gasteiger partial charge in [0.25, 0.3) is 0 Å². The molecule has 0 spiro atoms. The number of unbranched alkanes of at least 4 members (excludes halogenated alkanes) is 1. The lowest BCUT2D eigenvalue weighted by Gasteiger charge is -2.21. The fourth-order valence-corrected chi connectivity index (χ4v) is 2.55. The van der Waals surface area contributed by atoms with Gasteiger partial charge in [-0.2, -0.15) is 0 Å². The third-order valence-electron chi connectivity index (χ3n) is 3.61. The van der Waals surface area contributed by atoms with Gasteiger partial charge in [-0.1, -0.05) is 13.8 Å². The lowest BCUT2D eigenvalue weighted by molar-refractivity contribution is -0.130. The summed E-state index contributed by atoms with van der Waals surface area (Å²) >= 11 is 5.65. The number of halogens is 1. The van der Waals surface area contributed by atoms with Crippen molar-refractivity contribution in [1.29, 1.82) is 0 Å². The molecule has 1 rings (SSSR count). The highest BCUT2D eigenvalue weighted by atomic mass is 35.5. The Morgan fingerprint density at radius 1 is 1.38 bits per heavy atom. The van der Waals surface area contributed by atoms with Gasteiger partial charge in [-0.05, 0) is 37.5 Å². The third kappa shape index (κ3) is 4.32. The molecule has 1 aliphatic heterocycles. The van der Waals surface area contributed by atoms with Crippen molar-refractivity contribution in [1.82, 2.24) is 4.90 Å². The summed E-state index contributed by atoms with van der Waals surface area (Å²) in [6.07, 6.45) is 5.04. The maximum absolute atomic E-state index is 11.9. The van der Waals surface area contributed by atoms with Crippen LogP contribution in [0.15, 0.2) is 0 Å². The van der Waals surface area contributed by atoms with Crippen molar-refractivity contribution in [2.24, 2.45) is 11.8 Å². The fraction of sp³-hybridized carbons (Fsp3) is 0.923. The van der Waals surface area contributed by atoms with Crippen LogP contribution in [0.1, 0.15) is 46.0 Å². The SMILES string of the molecule is CC(C)C1CCC(=O)N(CCCCCl)CC1. The van der Waals surface area contributed by atoms with Crippen LogP contribution in [-0.4, -0.2) is 29.8 Å². The van der Waals surface area contributed by atoms with Gasteiger partial charge in [0.1, 0.15) is 0 Å². The first kappa shape index (κ1) is 13.8. The average molecular weight is 246 g/mol. The van der Waals surface area contributed by atoms with Crippen molar-refractivity contribution in [2.75, 3.05) is 19.0 Å². The number of nitrogens with zero attached hydrogens (tertiary/aromatic N) is 1. The summed E-state index contributed by atoms with van der Waals surface area (Å²) in [6, 6.07) is 0. The monoisotopic (exact) mass is 245 g/mol. The number of carbonyl (C=O) groups is 1. The average Bonchev–Trinajstić information content (AvgIpc) is 2.42. The Morgan fingerprint density at radius 3 is 2.75 bits per heavy atom. The number of likely N-dealkylation sites (tertiary alicyclic amines) is 1. The highest BCUT2D eigenvalue weighted by Crippen LogP contribution is 2.25. The molecule has 0 radical (unpaired) electrons. The molecule has 16 heavy (non-hydrogen) atoms. The Bertz CT molecular complexity index is 218. The first-order valence-electron chi connectivity index (χ1n) is 6.49. The van der Waals surface area contributed by atoms with E-state index in [1.54, 1.807) is 0 Å². The van der Waals surface area contributed by atoms with Crippen molar-refractivity contribution in [3.8, 4) is 0 Å². The molecule has 2 nitrogen and oxygen atoms in total. The van der Waals surface area contributed by atoms with Crippen LogP contribution in [0.25, 0.3) is 0 Å². The van der Waals surface area contributed by atoms with Gasteiger partial charge >= 0.3 is 0 Å². The molecule has 0 aromatic heterocycles. The van der Waals surface area contributed by atoms with Gasteiger partial charge < -0.3 is 4.90 Å². The van der Waals surface area contributed by atoms with E-state index >= 15 is 0 Å². The van der Waals surface area contributed by atoms with Gasteiger partial charge in [-0.25, -0.2) is 0 Å². The minimum absolute atomic E-state index is 0.345. The van der Waals surface area contributed by atoms with Gasteiger partial charge in [0, 0.05) is 25.4 Å². The standard InChI is InChI=1S/C13H24ClNO/c1-11(2)12-5-6-13(16)15(10-7-12)9-4-3-8-14/h11-12H,3-10H2,1-2H3. The van der Waals surface area contributed by atoms with Crippen LogP contribution in [0.5, 0.6) is 0 Å². The first-order valence-corrected chi connectivity index (χ1v) is 7.02. The molecule has 1 heterocycles. The predicted molar refractivity (Wildman–Crippen MR) is 68.7 cm³/mol. The molecule has 1 fully saturated rings. The largest absolute Gasteiger partial charge is 0.343 e. The zero-order valence-electron chi connectivity index (χ0n) is 10.5. The summed E-state index contributed by atoms with van der Waals surface area (Å²) in [4.78, 5) is 13.9. The molecule has 1 atom stereocenters. The molecule has 1 amide bonds. The Morgan fingerprint density at radius 2 is 2.12 bits per heavy atom. The van der Waals surface area contributed by atoms with Crippen molar-refractivity contribution in [3.63, 3.8) is 0 Å². The van der Waals surface area contributed by atoms with Crippen molar-refractivity contribution < 1.29 is 4.79 Å². The molecule has 94 valence electrons. The molecule has 0 aromatic carbocycles. The predicted octanol–water partition coefficient (Wildman–Crippen LogP) is 3.29. The van der Waals surface area contributed by atoms with Gasteiger partial charge in [-0.3, -0.25) is 4.79 Å². The number of carbonyl (C=O) groups excluding carboxylic acids is 1. The van der Waals surface area contributed by atoms with Gasteiger partial charge in [-0.15, -0.1) is 11.6 Å². The molecule has 3 heteroatoms. The van der Waals surface area contributed by atoms with E-state index < -0.39 is 0 Å². The van der Waals surface area contributed by atoms with Crippen LogP contribution in [0.4, 0.5) is 0 Å². The lowest BCUT2D eigenvalue weighted by Crippen LogP contribution is -2.31. The van der Waals surface area contributed by atoms with Gasteiger partial charge in [0.15, 0.2) is 0 Å². The summed E-state index contributed by atoms with van der Waals surface area (Å²) in [6.45, 7) is 6.37.